The number of hydrogen-bond donors (Lipinski definition) is 1. The number of primary amides is 1. The van der Waals surface area contributed by atoms with E-state index in [1.165, 1.54) is 4.90 Å². The van der Waals surface area contributed by atoms with E-state index >= 15 is 0 Å². The van der Waals surface area contributed by atoms with Crippen LogP contribution in [0, 0.1) is 0 Å². The summed E-state index contributed by atoms with van der Waals surface area (Å²) in [5, 5.41) is 0. The van der Waals surface area contributed by atoms with Gasteiger partial charge in [0, 0.05) is 6.54 Å². The second kappa shape index (κ2) is 5.25. The number of carbonyl (C=O) groups is 4. The van der Waals surface area contributed by atoms with Gasteiger partial charge >= 0.3 is 0 Å². The van der Waals surface area contributed by atoms with E-state index in [0.717, 1.165) is 4.90 Å². The highest BCUT2D eigenvalue weighted by Gasteiger charge is 2.39. The van der Waals surface area contributed by atoms with Gasteiger partial charge in [-0.3, -0.25) is 24.1 Å². The third kappa shape index (κ3) is 2.14. The third-order valence-electron chi connectivity index (χ3n) is 4.07. The first-order valence-electron chi connectivity index (χ1n) is 7.04. The lowest BCUT2D eigenvalue weighted by Gasteiger charge is -2.24. The molecular weight excluding hydrogens is 286 g/mol. The maximum absolute atomic E-state index is 12.3. The van der Waals surface area contributed by atoms with Crippen molar-refractivity contribution in [3.63, 3.8) is 0 Å². The van der Waals surface area contributed by atoms with Crippen molar-refractivity contribution in [3.8, 4) is 0 Å². The van der Waals surface area contributed by atoms with Crippen molar-refractivity contribution in [2.45, 2.75) is 18.9 Å². The van der Waals surface area contributed by atoms with Crippen LogP contribution in [0.1, 0.15) is 33.6 Å². The normalized spacial score (nSPS) is 20.5. The Kier molecular flexibility index (Phi) is 3.40. The molecule has 2 N–H and O–H groups in total. The molecule has 0 spiro atoms. The Balaban J connectivity index is 1.77. The fourth-order valence-electron chi connectivity index (χ4n) is 2.97. The molecular formula is C15H15N3O4. The minimum Gasteiger partial charge on any atom is -0.368 e. The quantitative estimate of drug-likeness (QED) is 0.778. The lowest BCUT2D eigenvalue weighted by atomic mass is 10.1. The number of nitrogens with zero attached hydrogens (tertiary/aromatic N) is 2. The number of nitrogens with two attached hydrogens (primary N) is 1. The van der Waals surface area contributed by atoms with Gasteiger partial charge in [-0.05, 0) is 25.0 Å². The molecule has 7 heteroatoms. The minimum absolute atomic E-state index is 0.299. The number of carbonyl (C=O) groups excluding carboxylic acids is 4. The Hall–Kier alpha value is -2.70. The summed E-state index contributed by atoms with van der Waals surface area (Å²) in [4.78, 5) is 50.4. The monoisotopic (exact) mass is 301 g/mol. The number of rotatable bonds is 3. The molecule has 0 saturated carbocycles. The van der Waals surface area contributed by atoms with Crippen LogP contribution in [0.2, 0.25) is 0 Å². The second-order valence-electron chi connectivity index (χ2n) is 5.39. The molecule has 4 amide bonds. The first-order valence-corrected chi connectivity index (χ1v) is 7.04. The number of hydrogen-bond acceptors (Lipinski definition) is 4. The van der Waals surface area contributed by atoms with E-state index in [1.807, 2.05) is 0 Å². The molecule has 114 valence electrons. The van der Waals surface area contributed by atoms with E-state index in [-0.39, 0.29) is 6.54 Å². The standard InChI is InChI=1S/C15H15N3O4/c16-13(20)11-6-3-7-17(11)12(19)8-18-14(21)9-4-1-2-5-10(9)15(18)22/h1-2,4-5,11H,3,6-8H2,(H2,16,20). The van der Waals surface area contributed by atoms with Crippen LogP contribution in [-0.4, -0.2) is 52.6 Å². The van der Waals surface area contributed by atoms with Gasteiger partial charge in [0.2, 0.25) is 11.8 Å². The lowest BCUT2D eigenvalue weighted by Crippen LogP contribution is -2.48. The number of likely N-dealkylation sites (tertiary alicyclic amines) is 1. The number of amides is 4. The summed E-state index contributed by atoms with van der Waals surface area (Å²) in [5.41, 5.74) is 5.88. The van der Waals surface area contributed by atoms with Gasteiger partial charge in [-0.25, -0.2) is 0 Å². The molecule has 1 aromatic carbocycles. The van der Waals surface area contributed by atoms with E-state index in [1.54, 1.807) is 24.3 Å². The fraction of sp³-hybridized carbons (Fsp3) is 0.333. The van der Waals surface area contributed by atoms with Gasteiger partial charge in [-0.15, -0.1) is 0 Å². The van der Waals surface area contributed by atoms with Crippen molar-refractivity contribution in [2.75, 3.05) is 13.1 Å². The van der Waals surface area contributed by atoms with Crippen molar-refractivity contribution < 1.29 is 19.2 Å². The van der Waals surface area contributed by atoms with Gasteiger partial charge in [-0.1, -0.05) is 12.1 Å². The van der Waals surface area contributed by atoms with Crippen LogP contribution in [0.5, 0.6) is 0 Å². The van der Waals surface area contributed by atoms with Crippen LogP contribution in [0.25, 0.3) is 0 Å². The number of fused-ring (bicyclic) bond motifs is 1. The van der Waals surface area contributed by atoms with Gasteiger partial charge in [0.25, 0.3) is 11.8 Å². The van der Waals surface area contributed by atoms with E-state index in [2.05, 4.69) is 0 Å². The smallest absolute Gasteiger partial charge is 0.262 e. The molecule has 0 aromatic heterocycles. The summed E-state index contributed by atoms with van der Waals surface area (Å²) in [5.74, 6) is -1.96. The number of imide groups is 1. The Bertz CT molecular complexity index is 650. The van der Waals surface area contributed by atoms with Crippen LogP contribution in [0.3, 0.4) is 0 Å². The van der Waals surface area contributed by atoms with Crippen molar-refractivity contribution in [1.82, 2.24) is 9.80 Å². The molecule has 1 saturated heterocycles. The summed E-state index contributed by atoms with van der Waals surface area (Å²) in [7, 11) is 0. The molecule has 1 aromatic rings. The molecule has 0 aliphatic carbocycles. The van der Waals surface area contributed by atoms with Gasteiger partial charge < -0.3 is 10.6 Å². The zero-order chi connectivity index (χ0) is 15.9. The van der Waals surface area contributed by atoms with Crippen LogP contribution < -0.4 is 5.73 Å². The predicted molar refractivity (Wildman–Crippen MR) is 75.7 cm³/mol. The zero-order valence-corrected chi connectivity index (χ0v) is 11.8. The summed E-state index contributed by atoms with van der Waals surface area (Å²) >= 11 is 0. The molecule has 2 aliphatic rings. The summed E-state index contributed by atoms with van der Waals surface area (Å²) in [6.07, 6.45) is 1.20. The molecule has 0 radical (unpaired) electrons. The highest BCUT2D eigenvalue weighted by atomic mass is 16.2. The van der Waals surface area contributed by atoms with E-state index in [9.17, 15) is 19.2 Å². The van der Waals surface area contributed by atoms with E-state index in [0.29, 0.717) is 30.5 Å². The van der Waals surface area contributed by atoms with Gasteiger partial charge in [-0.2, -0.15) is 0 Å². The van der Waals surface area contributed by atoms with Crippen molar-refractivity contribution in [2.24, 2.45) is 5.73 Å². The van der Waals surface area contributed by atoms with Gasteiger partial charge in [0.15, 0.2) is 0 Å². The second-order valence-corrected chi connectivity index (χ2v) is 5.39. The largest absolute Gasteiger partial charge is 0.368 e. The highest BCUT2D eigenvalue weighted by Crippen LogP contribution is 2.23. The fourth-order valence-corrected chi connectivity index (χ4v) is 2.97. The summed E-state index contributed by atoms with van der Waals surface area (Å²) in [6, 6.07) is 5.80. The molecule has 3 rings (SSSR count). The Morgan fingerprint density at radius 1 is 1.14 bits per heavy atom. The molecule has 1 unspecified atom stereocenters. The van der Waals surface area contributed by atoms with Crippen LogP contribution in [-0.2, 0) is 9.59 Å². The van der Waals surface area contributed by atoms with Crippen LogP contribution >= 0.6 is 0 Å². The molecule has 7 nitrogen and oxygen atoms in total. The highest BCUT2D eigenvalue weighted by molar-refractivity contribution is 6.22. The maximum atomic E-state index is 12.3. The third-order valence-corrected chi connectivity index (χ3v) is 4.07. The van der Waals surface area contributed by atoms with Crippen LogP contribution in [0.4, 0.5) is 0 Å². The Morgan fingerprint density at radius 3 is 2.27 bits per heavy atom. The molecule has 2 aliphatic heterocycles. The van der Waals surface area contributed by atoms with Crippen molar-refractivity contribution in [3.05, 3.63) is 35.4 Å². The Morgan fingerprint density at radius 2 is 1.73 bits per heavy atom. The first-order chi connectivity index (χ1) is 10.5. The van der Waals surface area contributed by atoms with Gasteiger partial charge in [0.1, 0.15) is 12.6 Å². The average molecular weight is 301 g/mol. The predicted octanol–water partition coefficient (Wildman–Crippen LogP) is -0.241. The molecule has 1 fully saturated rings. The Labute approximate surface area is 126 Å². The SMILES string of the molecule is NC(=O)C1CCCN1C(=O)CN1C(=O)c2ccccc2C1=O. The molecule has 2 heterocycles. The lowest BCUT2D eigenvalue weighted by molar-refractivity contribution is -0.137. The first kappa shape index (κ1) is 14.2. The van der Waals surface area contributed by atoms with Gasteiger partial charge in [0.05, 0.1) is 11.1 Å². The van der Waals surface area contributed by atoms with E-state index < -0.39 is 29.7 Å². The summed E-state index contributed by atoms with van der Waals surface area (Å²) < 4.78 is 0. The average Bonchev–Trinajstić information content (AvgIpc) is 3.08. The molecule has 1 atom stereocenters. The van der Waals surface area contributed by atoms with Crippen molar-refractivity contribution in [1.29, 1.82) is 0 Å². The van der Waals surface area contributed by atoms with Crippen LogP contribution in [0.15, 0.2) is 24.3 Å². The zero-order valence-electron chi connectivity index (χ0n) is 11.8. The molecule has 0 bridgehead atoms. The number of benzene rings is 1. The topological polar surface area (TPSA) is 101 Å². The maximum Gasteiger partial charge on any atom is 0.262 e. The minimum atomic E-state index is -0.650. The molecule has 22 heavy (non-hydrogen) atoms. The van der Waals surface area contributed by atoms with E-state index in [4.69, 9.17) is 5.73 Å². The summed E-state index contributed by atoms with van der Waals surface area (Å²) in [6.45, 7) is 0.0474. The van der Waals surface area contributed by atoms with Crippen molar-refractivity contribution >= 4 is 23.6 Å².